The van der Waals surface area contributed by atoms with E-state index in [4.69, 9.17) is 20.8 Å². The molecule has 0 saturated heterocycles. The molecule has 0 bridgehead atoms. The van der Waals surface area contributed by atoms with Gasteiger partial charge in [-0.15, -0.1) is 11.6 Å². The molecule has 0 aliphatic rings. The number of esters is 1. The van der Waals surface area contributed by atoms with Crippen LogP contribution in [0.5, 0.6) is 0 Å². The second-order valence-corrected chi connectivity index (χ2v) is 28.5. The van der Waals surface area contributed by atoms with E-state index in [1.165, 1.54) is 7.11 Å². The van der Waals surface area contributed by atoms with Crippen LogP contribution in [0.4, 0.5) is 0 Å². The van der Waals surface area contributed by atoms with Crippen LogP contribution in [0.15, 0.2) is 129 Å². The van der Waals surface area contributed by atoms with Gasteiger partial charge in [-0.25, -0.2) is 21.6 Å². The van der Waals surface area contributed by atoms with Gasteiger partial charge in [-0.1, -0.05) is 138 Å². The number of sulfone groups is 2. The zero-order chi connectivity index (χ0) is 47.4. The van der Waals surface area contributed by atoms with Crippen LogP contribution in [0.1, 0.15) is 134 Å². The Morgan fingerprint density at radius 2 is 1.06 bits per heavy atom. The second-order valence-electron chi connectivity index (χ2n) is 18.4. The third-order valence-electron chi connectivity index (χ3n) is 12.3. The summed E-state index contributed by atoms with van der Waals surface area (Å²) in [6.45, 7) is 24.5. The van der Waals surface area contributed by atoms with Crippen molar-refractivity contribution >= 4 is 45.6 Å². The zero-order valence-electron chi connectivity index (χ0n) is 40.5. The van der Waals surface area contributed by atoms with E-state index < -0.39 is 44.5 Å². The number of allylic oxidation sites excluding steroid dienone is 7. The number of hydrogen-bond donors (Lipinski definition) is 0. The zero-order valence-corrected chi connectivity index (χ0v) is 43.8. The van der Waals surface area contributed by atoms with Crippen molar-refractivity contribution in [1.82, 2.24) is 0 Å². The Labute approximate surface area is 389 Å². The van der Waals surface area contributed by atoms with Gasteiger partial charge in [0, 0.05) is 18.1 Å². The SMILES string of the molecule is COC(=O)/C(=C/CC[C@H](C)CCO[Si](C(C)C)(C(C)C)C(C)C)CC(/C=C(/C)CC/C=C(/C)CC(/C=C(/C)CC/C=C(/C)CCl)S(=O)(=O)c1ccccc1)S(=O)(=O)c1ccccc1. The normalized spacial score (nSPS) is 15.6. The molecule has 63 heavy (non-hydrogen) atoms. The van der Waals surface area contributed by atoms with E-state index in [1.807, 2.05) is 52.0 Å². The van der Waals surface area contributed by atoms with E-state index in [2.05, 4.69) is 54.5 Å². The topological polar surface area (TPSA) is 104 Å². The van der Waals surface area contributed by atoms with Gasteiger partial charge in [0.05, 0.1) is 27.4 Å². The minimum absolute atomic E-state index is 0.0230. The van der Waals surface area contributed by atoms with Gasteiger partial charge in [0.1, 0.15) is 0 Å². The molecule has 7 nitrogen and oxygen atoms in total. The lowest BCUT2D eigenvalue weighted by Crippen LogP contribution is -2.48. The summed E-state index contributed by atoms with van der Waals surface area (Å²) in [5.41, 5.74) is 5.76. The smallest absolute Gasteiger partial charge is 0.333 e. The van der Waals surface area contributed by atoms with Gasteiger partial charge < -0.3 is 9.16 Å². The molecule has 0 heterocycles. The molecule has 352 valence electrons. The van der Waals surface area contributed by atoms with Crippen molar-refractivity contribution in [2.24, 2.45) is 5.92 Å². The Bertz CT molecular complexity index is 2060. The van der Waals surface area contributed by atoms with E-state index in [-0.39, 0.29) is 16.2 Å². The summed E-state index contributed by atoms with van der Waals surface area (Å²) < 4.78 is 68.3. The van der Waals surface area contributed by atoms with Crippen molar-refractivity contribution in [2.75, 3.05) is 19.6 Å². The molecule has 0 aromatic heterocycles. The highest BCUT2D eigenvalue weighted by molar-refractivity contribution is 7.92. The Hall–Kier alpha value is -3.02. The third-order valence-corrected chi connectivity index (χ3v) is 22.9. The van der Waals surface area contributed by atoms with Crippen molar-refractivity contribution in [3.8, 4) is 0 Å². The van der Waals surface area contributed by atoms with Crippen LogP contribution in [-0.4, -0.2) is 61.2 Å². The molecule has 0 aliphatic heterocycles. The van der Waals surface area contributed by atoms with Crippen molar-refractivity contribution in [1.29, 1.82) is 0 Å². The van der Waals surface area contributed by atoms with Gasteiger partial charge in [0.25, 0.3) is 0 Å². The quantitative estimate of drug-likeness (QED) is 0.0275. The fourth-order valence-corrected chi connectivity index (χ4v) is 17.7. The lowest BCUT2D eigenvalue weighted by molar-refractivity contribution is -0.136. The maximum Gasteiger partial charge on any atom is 0.333 e. The molecule has 3 atom stereocenters. The van der Waals surface area contributed by atoms with Gasteiger partial charge in [0.2, 0.25) is 0 Å². The van der Waals surface area contributed by atoms with Gasteiger partial charge in [-0.05, 0) is 132 Å². The summed E-state index contributed by atoms with van der Waals surface area (Å²) in [5, 5.41) is -1.74. The number of methoxy groups -OCH3 is 1. The predicted molar refractivity (Wildman–Crippen MR) is 268 cm³/mol. The van der Waals surface area contributed by atoms with E-state index in [1.54, 1.807) is 60.7 Å². The lowest BCUT2D eigenvalue weighted by Gasteiger charge is -2.42. The molecule has 2 rings (SSSR count). The van der Waals surface area contributed by atoms with Crippen LogP contribution in [-0.2, 0) is 33.6 Å². The lowest BCUT2D eigenvalue weighted by atomic mass is 9.99. The number of carbonyl (C=O) groups is 1. The summed E-state index contributed by atoms with van der Waals surface area (Å²) in [7, 11) is -8.18. The van der Waals surface area contributed by atoms with Crippen LogP contribution in [0.25, 0.3) is 0 Å². The molecule has 2 aromatic carbocycles. The molecule has 2 unspecified atom stereocenters. The second kappa shape index (κ2) is 27.5. The summed E-state index contributed by atoms with van der Waals surface area (Å²) in [5.74, 6) is 0.287. The number of ether oxygens (including phenoxy) is 1. The van der Waals surface area contributed by atoms with Crippen molar-refractivity contribution in [3.05, 3.63) is 119 Å². The first-order chi connectivity index (χ1) is 29.6. The number of hydrogen-bond acceptors (Lipinski definition) is 7. The maximum atomic E-state index is 14.2. The number of alkyl halides is 1. The molecule has 0 spiro atoms. The predicted octanol–water partition coefficient (Wildman–Crippen LogP) is 14.1. The van der Waals surface area contributed by atoms with E-state index in [0.29, 0.717) is 66.3 Å². The minimum atomic E-state index is -3.88. The monoisotopic (exact) mass is 942 g/mol. The first-order valence-corrected chi connectivity index (χ1v) is 28.6. The minimum Gasteiger partial charge on any atom is -0.466 e. The number of carbonyl (C=O) groups excluding carboxylic acids is 1. The highest BCUT2D eigenvalue weighted by atomic mass is 35.5. The Balaban J connectivity index is 2.33. The number of benzene rings is 2. The Morgan fingerprint density at radius 3 is 1.49 bits per heavy atom. The third kappa shape index (κ3) is 17.7. The van der Waals surface area contributed by atoms with Crippen molar-refractivity contribution < 1.29 is 30.8 Å². The van der Waals surface area contributed by atoms with E-state index in [0.717, 1.165) is 48.0 Å². The molecule has 0 N–H and O–H groups in total. The van der Waals surface area contributed by atoms with Crippen molar-refractivity contribution in [2.45, 2.75) is 171 Å². The average Bonchev–Trinajstić information content (AvgIpc) is 3.23. The van der Waals surface area contributed by atoms with Gasteiger partial charge in [0.15, 0.2) is 28.0 Å². The molecule has 0 radical (unpaired) electrons. The summed E-state index contributed by atoms with van der Waals surface area (Å²) in [4.78, 5) is 13.7. The Morgan fingerprint density at radius 1 is 0.619 bits per heavy atom. The molecule has 11 heteroatoms. The molecule has 0 amide bonds. The molecule has 0 fully saturated rings. The van der Waals surface area contributed by atoms with Crippen LogP contribution in [0.3, 0.4) is 0 Å². The molecular weight excluding hydrogens is 864 g/mol. The van der Waals surface area contributed by atoms with Crippen molar-refractivity contribution in [3.63, 3.8) is 0 Å². The van der Waals surface area contributed by atoms with Crippen LogP contribution < -0.4 is 0 Å². The van der Waals surface area contributed by atoms with Crippen LogP contribution in [0, 0.1) is 5.92 Å². The number of rotatable bonds is 28. The largest absolute Gasteiger partial charge is 0.466 e. The van der Waals surface area contributed by atoms with Gasteiger partial charge >= 0.3 is 5.97 Å². The molecule has 0 saturated carbocycles. The molecule has 2 aromatic rings. The first-order valence-electron chi connectivity index (χ1n) is 22.8. The highest BCUT2D eigenvalue weighted by Gasteiger charge is 2.45. The molecular formula is C52H79ClO7S2Si. The average molecular weight is 944 g/mol. The first kappa shape index (κ1) is 56.1. The van der Waals surface area contributed by atoms with Gasteiger partial charge in [-0.3, -0.25) is 0 Å². The highest BCUT2D eigenvalue weighted by Crippen LogP contribution is 2.42. The van der Waals surface area contributed by atoms with Crippen LogP contribution in [0.2, 0.25) is 16.6 Å². The van der Waals surface area contributed by atoms with E-state index in [9.17, 15) is 21.6 Å². The number of halogens is 1. The fourth-order valence-electron chi connectivity index (χ4n) is 8.66. The molecule has 0 aliphatic carbocycles. The van der Waals surface area contributed by atoms with Crippen LogP contribution >= 0.6 is 11.6 Å². The summed E-state index contributed by atoms with van der Waals surface area (Å²) in [6.07, 6.45) is 15.0. The summed E-state index contributed by atoms with van der Waals surface area (Å²) >= 11 is 5.95. The Kier molecular flexibility index (Phi) is 24.4. The maximum absolute atomic E-state index is 14.2. The fraction of sp³-hybridized carbons (Fsp3) is 0.558. The standard InChI is InChI=1S/C52H79ClO7S2Si/c1-39(2)63(40(3)4,41(5)6)60-33-32-42(7)22-21-27-47(52(54)59-12)37-51(62(57,58)49-30-17-14-18-31-49)36-45(10)24-19-23-43(8)34-50(35-44(9)25-20-26-46(11)38-53)61(55,56)48-28-15-13-16-29-48/h13-18,23,26-31,35-36,39-42,50-51H,19-22,24-25,32-34,37-38H2,1-12H3/b43-23-,44-35-,45-36-,46-26-,47-27+/t42-,50?,51?/m0/s1. The van der Waals surface area contributed by atoms with E-state index >= 15 is 0 Å². The summed E-state index contributed by atoms with van der Waals surface area (Å²) in [6, 6.07) is 16.9. The van der Waals surface area contributed by atoms with Gasteiger partial charge in [-0.2, -0.15) is 0 Å².